The fourth-order valence-electron chi connectivity index (χ4n) is 9.59. The lowest BCUT2D eigenvalue weighted by molar-refractivity contribution is 1.61. The SMILES string of the molecule is c1ccc(-c2cc3ccccc3cc2-c2ccc3c(c2)c(-c2ccccc2)cc2cc(-c4ccc5cc(-c6cc7ccccc7c7ccccc67)ccc5c4)ccc23)cc1. The molecule has 0 unspecified atom stereocenters. The second kappa shape index (κ2) is 13.9. The van der Waals surface area contributed by atoms with Crippen molar-refractivity contribution in [1.82, 2.24) is 0 Å². The van der Waals surface area contributed by atoms with Crippen molar-refractivity contribution in [3.63, 3.8) is 0 Å². The molecule has 60 heavy (non-hydrogen) atoms. The Morgan fingerprint density at radius 1 is 0.150 bits per heavy atom. The van der Waals surface area contributed by atoms with Crippen LogP contribution in [0, 0.1) is 0 Å². The summed E-state index contributed by atoms with van der Waals surface area (Å²) >= 11 is 0. The van der Waals surface area contributed by atoms with E-state index in [-0.39, 0.29) is 0 Å². The standard InChI is InChI=1S/C60H38/c1-3-13-39(14-4-1)56-34-41-17-7-8-18-42(41)35-59(56)49-28-30-55-52-29-27-46(33-50(52)38-57(60(55)37-49)40-15-5-2-6-16-40)43-23-24-45-32-48(26-25-44(45)31-43)58-36-47-19-9-10-20-51(47)53-21-11-12-22-54(53)58/h1-38H. The Bertz CT molecular complexity index is 3630. The average Bonchev–Trinajstić information content (AvgIpc) is 3.33. The van der Waals surface area contributed by atoms with Crippen molar-refractivity contribution in [3.8, 4) is 55.6 Å². The quantitative estimate of drug-likeness (QED) is 0.153. The second-order valence-electron chi connectivity index (χ2n) is 16.1. The Kier molecular flexibility index (Phi) is 7.96. The molecule has 0 bridgehead atoms. The van der Waals surface area contributed by atoms with Gasteiger partial charge in [-0.1, -0.05) is 182 Å². The molecule has 12 rings (SSSR count). The Morgan fingerprint density at radius 3 is 1.25 bits per heavy atom. The first-order valence-electron chi connectivity index (χ1n) is 20.8. The second-order valence-corrected chi connectivity index (χ2v) is 16.1. The van der Waals surface area contributed by atoms with Crippen LogP contribution in [0.25, 0.3) is 120 Å². The van der Waals surface area contributed by atoms with Crippen LogP contribution in [0.1, 0.15) is 0 Å². The lowest BCUT2D eigenvalue weighted by atomic mass is 9.87. The van der Waals surface area contributed by atoms with Gasteiger partial charge in [-0.25, -0.2) is 0 Å². The van der Waals surface area contributed by atoms with Gasteiger partial charge in [-0.05, 0) is 169 Å². The molecule has 0 aliphatic rings. The molecule has 0 saturated heterocycles. The Morgan fingerprint density at radius 2 is 0.533 bits per heavy atom. The Balaban J connectivity index is 0.978. The van der Waals surface area contributed by atoms with Crippen molar-refractivity contribution < 1.29 is 0 Å². The van der Waals surface area contributed by atoms with Crippen LogP contribution in [0.2, 0.25) is 0 Å². The van der Waals surface area contributed by atoms with Crippen LogP contribution in [0.5, 0.6) is 0 Å². The summed E-state index contributed by atoms with van der Waals surface area (Å²) < 4.78 is 0. The molecule has 0 heterocycles. The van der Waals surface area contributed by atoms with Gasteiger partial charge in [0, 0.05) is 0 Å². The molecule has 0 aliphatic heterocycles. The van der Waals surface area contributed by atoms with E-state index in [9.17, 15) is 0 Å². The van der Waals surface area contributed by atoms with E-state index in [0.29, 0.717) is 0 Å². The van der Waals surface area contributed by atoms with Crippen molar-refractivity contribution in [3.05, 3.63) is 231 Å². The zero-order valence-corrected chi connectivity index (χ0v) is 32.9. The van der Waals surface area contributed by atoms with Crippen molar-refractivity contribution in [2.24, 2.45) is 0 Å². The number of fused-ring (bicyclic) bond motifs is 8. The maximum atomic E-state index is 2.42. The zero-order chi connectivity index (χ0) is 39.6. The van der Waals surface area contributed by atoms with Crippen LogP contribution in [0.4, 0.5) is 0 Å². The molecular formula is C60H38. The number of hydrogen-bond donors (Lipinski definition) is 0. The number of hydrogen-bond acceptors (Lipinski definition) is 0. The summed E-state index contributed by atoms with van der Waals surface area (Å²) in [6.45, 7) is 0. The van der Waals surface area contributed by atoms with Crippen molar-refractivity contribution in [2.45, 2.75) is 0 Å². The molecule has 0 radical (unpaired) electrons. The summed E-state index contributed by atoms with van der Waals surface area (Å²) in [5.74, 6) is 0. The van der Waals surface area contributed by atoms with Crippen LogP contribution in [-0.4, -0.2) is 0 Å². The van der Waals surface area contributed by atoms with Gasteiger partial charge in [-0.15, -0.1) is 0 Å². The van der Waals surface area contributed by atoms with E-state index in [0.717, 1.165) is 0 Å². The number of rotatable bonds is 5. The third kappa shape index (κ3) is 5.76. The van der Waals surface area contributed by atoms with Crippen LogP contribution < -0.4 is 0 Å². The average molecular weight is 759 g/mol. The van der Waals surface area contributed by atoms with Crippen molar-refractivity contribution >= 4 is 64.6 Å². The largest absolute Gasteiger partial charge is 0.0622 e. The first-order valence-corrected chi connectivity index (χ1v) is 20.8. The van der Waals surface area contributed by atoms with Gasteiger partial charge in [0.1, 0.15) is 0 Å². The maximum Gasteiger partial charge on any atom is -0.00928 e. The summed E-state index contributed by atoms with van der Waals surface area (Å²) in [5.41, 5.74) is 12.3. The minimum atomic E-state index is 1.22. The lowest BCUT2D eigenvalue weighted by Crippen LogP contribution is -1.90. The molecule has 12 aromatic rings. The van der Waals surface area contributed by atoms with Gasteiger partial charge in [0.05, 0.1) is 0 Å². The highest BCUT2D eigenvalue weighted by atomic mass is 14.2. The first kappa shape index (κ1) is 34.3. The van der Waals surface area contributed by atoms with Crippen LogP contribution in [0.15, 0.2) is 231 Å². The summed E-state index contributed by atoms with van der Waals surface area (Å²) in [7, 11) is 0. The van der Waals surface area contributed by atoms with Gasteiger partial charge in [0.2, 0.25) is 0 Å². The molecule has 0 N–H and O–H groups in total. The van der Waals surface area contributed by atoms with Gasteiger partial charge in [0.15, 0.2) is 0 Å². The summed E-state index contributed by atoms with van der Waals surface area (Å²) in [4.78, 5) is 0. The normalized spacial score (nSPS) is 11.7. The van der Waals surface area contributed by atoms with Crippen molar-refractivity contribution in [1.29, 1.82) is 0 Å². The van der Waals surface area contributed by atoms with E-state index in [2.05, 4.69) is 231 Å². The van der Waals surface area contributed by atoms with Gasteiger partial charge < -0.3 is 0 Å². The monoisotopic (exact) mass is 758 g/mol. The molecule has 12 aromatic carbocycles. The molecule has 0 aromatic heterocycles. The Hall–Kier alpha value is -7.80. The smallest absolute Gasteiger partial charge is 0.00928 e. The first-order chi connectivity index (χ1) is 29.7. The maximum absolute atomic E-state index is 2.42. The molecule has 0 saturated carbocycles. The van der Waals surface area contributed by atoms with Crippen LogP contribution >= 0.6 is 0 Å². The molecular weight excluding hydrogens is 721 g/mol. The zero-order valence-electron chi connectivity index (χ0n) is 32.9. The molecule has 0 heteroatoms. The molecule has 0 atom stereocenters. The minimum absolute atomic E-state index is 1.22. The van der Waals surface area contributed by atoms with Gasteiger partial charge >= 0.3 is 0 Å². The minimum Gasteiger partial charge on any atom is -0.0622 e. The summed E-state index contributed by atoms with van der Waals surface area (Å²) in [6.07, 6.45) is 0. The molecule has 0 amide bonds. The van der Waals surface area contributed by atoms with Gasteiger partial charge in [0.25, 0.3) is 0 Å². The summed E-state index contributed by atoms with van der Waals surface area (Å²) in [6, 6.07) is 85.2. The van der Waals surface area contributed by atoms with Crippen molar-refractivity contribution in [2.75, 3.05) is 0 Å². The van der Waals surface area contributed by atoms with E-state index in [1.54, 1.807) is 0 Å². The molecule has 0 aliphatic carbocycles. The van der Waals surface area contributed by atoms with E-state index < -0.39 is 0 Å². The van der Waals surface area contributed by atoms with E-state index in [1.807, 2.05) is 0 Å². The highest BCUT2D eigenvalue weighted by Crippen LogP contribution is 2.42. The summed E-state index contributed by atoms with van der Waals surface area (Å²) in [5, 5.41) is 15.1. The predicted octanol–water partition coefficient (Wildman–Crippen LogP) is 16.9. The van der Waals surface area contributed by atoms with E-state index in [4.69, 9.17) is 0 Å². The predicted molar refractivity (Wildman–Crippen MR) is 259 cm³/mol. The third-order valence-corrected chi connectivity index (χ3v) is 12.6. The fourth-order valence-corrected chi connectivity index (χ4v) is 9.59. The Labute approximate surface area is 349 Å². The van der Waals surface area contributed by atoms with E-state index >= 15 is 0 Å². The molecule has 278 valence electrons. The molecule has 0 nitrogen and oxygen atoms in total. The highest BCUT2D eigenvalue weighted by molar-refractivity contribution is 6.16. The lowest BCUT2D eigenvalue weighted by Gasteiger charge is -2.16. The highest BCUT2D eigenvalue weighted by Gasteiger charge is 2.16. The molecule has 0 spiro atoms. The third-order valence-electron chi connectivity index (χ3n) is 12.6. The molecule has 0 fully saturated rings. The topological polar surface area (TPSA) is 0 Å². The van der Waals surface area contributed by atoms with E-state index in [1.165, 1.54) is 120 Å². The van der Waals surface area contributed by atoms with Crippen LogP contribution in [-0.2, 0) is 0 Å². The number of benzene rings is 12. The van der Waals surface area contributed by atoms with Gasteiger partial charge in [-0.2, -0.15) is 0 Å². The van der Waals surface area contributed by atoms with Crippen LogP contribution in [0.3, 0.4) is 0 Å². The fraction of sp³-hybridized carbons (Fsp3) is 0. The van der Waals surface area contributed by atoms with Gasteiger partial charge in [-0.3, -0.25) is 0 Å².